The number of aromatic hydroxyl groups is 3. The Hall–Kier alpha value is -6.73. The molecular weight excluding hydrogens is 905 g/mol. The standard InChI is InChI=1S/C43H58N4O12.C9H8O2/c1-21-12-11-13-22(2)42(55)45-33-28(20-44-47-17-15-46(9)16-18-47)37(52)30-31(38(33)53)36(51)26(6)40-32(30)41(54)43(8,59-40)57-19-14-29(56-10)23(3)39(58-27(7)48)25(5)35(50)24(4)34(21)49;10-9(11)7-6-8-4-2-1-3-5-8/h11-14,19-21,23-25,29,34-35,39,49-53H,15-18H2,1-10H3,(H,45,55);1-7H,(H,10,11)/b12-11+,19-14+,22-13-,44-20+;7-6-/t21-,23+,24+,25+,29-,34-,35+,39+,43-;/m0./s1. The van der Waals surface area contributed by atoms with Gasteiger partial charge >= 0.3 is 17.7 Å². The number of carboxylic acid groups (broad SMARTS) is 1. The molecule has 18 heteroatoms. The zero-order chi connectivity index (χ0) is 51.8. The summed E-state index contributed by atoms with van der Waals surface area (Å²) >= 11 is 0. The summed E-state index contributed by atoms with van der Waals surface area (Å²) in [4.78, 5) is 52.7. The molecule has 0 saturated carbocycles. The molecule has 1 fully saturated rings. The largest absolute Gasteiger partial charge is 0.507 e. The summed E-state index contributed by atoms with van der Waals surface area (Å²) in [6, 6.07) is 9.31. The number of aliphatic carboxylic acids is 1. The number of hydrogen-bond donors (Lipinski definition) is 7. The second kappa shape index (κ2) is 23.3. The molecule has 4 aliphatic rings. The first-order valence-electron chi connectivity index (χ1n) is 23.0. The molecule has 3 aromatic carbocycles. The molecule has 70 heavy (non-hydrogen) atoms. The number of benzene rings is 3. The van der Waals surface area contributed by atoms with Gasteiger partial charge in [0.2, 0.25) is 0 Å². The number of anilines is 1. The number of allylic oxidation sites excluding steroid dienone is 2. The van der Waals surface area contributed by atoms with Crippen molar-refractivity contribution in [2.45, 2.75) is 85.6 Å². The highest BCUT2D eigenvalue weighted by Crippen LogP contribution is 2.55. The molecule has 378 valence electrons. The van der Waals surface area contributed by atoms with Crippen molar-refractivity contribution in [3.05, 3.63) is 94.8 Å². The van der Waals surface area contributed by atoms with Crippen LogP contribution in [-0.4, -0.2) is 141 Å². The number of amides is 1. The van der Waals surface area contributed by atoms with Gasteiger partial charge in [0.25, 0.3) is 11.7 Å². The minimum Gasteiger partial charge on any atom is -0.507 e. The number of aliphatic hydroxyl groups is 2. The number of phenolic OH excluding ortho intramolecular Hbond substituents is 3. The highest BCUT2D eigenvalue weighted by atomic mass is 16.7. The van der Waals surface area contributed by atoms with Gasteiger partial charge in [-0.15, -0.1) is 0 Å². The predicted molar refractivity (Wildman–Crippen MR) is 264 cm³/mol. The lowest BCUT2D eigenvalue weighted by molar-refractivity contribution is -0.160. The van der Waals surface area contributed by atoms with Crippen molar-refractivity contribution in [3.63, 3.8) is 0 Å². The van der Waals surface area contributed by atoms with Gasteiger partial charge in [0.05, 0.1) is 53.0 Å². The SMILES string of the molecule is CO[C@H]1/C=C/O[C@@]2(C)Oc3c(C)c(O)c4c(O)c(c(/C=N/N5CCN(C)CC5)c(O)c4c3C2=O)NC(=O)/C(C)=C\C=C\[C@H](C)[C@H](O)[C@@H](C)[C@@H](O)[C@@H](C)[C@H](OC(C)=O)[C@@H]1C.O=C(O)/C=C\c1ccccc1. The average Bonchev–Trinajstić information content (AvgIpc) is 3.59. The first-order chi connectivity index (χ1) is 33.0. The number of carboxylic acids is 1. The van der Waals surface area contributed by atoms with Gasteiger partial charge in [0.1, 0.15) is 23.4 Å². The number of nitrogens with zero attached hydrogens (tertiary/aromatic N) is 3. The van der Waals surface area contributed by atoms with Crippen molar-refractivity contribution in [2.75, 3.05) is 45.7 Å². The molecule has 5 bridgehead atoms. The quantitative estimate of drug-likeness (QED) is 0.0483. The Balaban J connectivity index is 0.000000729. The van der Waals surface area contributed by atoms with Gasteiger partial charge in [-0.05, 0) is 38.6 Å². The van der Waals surface area contributed by atoms with Crippen LogP contribution in [0.4, 0.5) is 5.69 Å². The van der Waals surface area contributed by atoms with Gasteiger partial charge in [-0.25, -0.2) is 4.79 Å². The minimum atomic E-state index is -2.04. The first kappa shape index (κ1) is 54.2. The summed E-state index contributed by atoms with van der Waals surface area (Å²) in [7, 11) is 3.42. The number of hydrazone groups is 1. The van der Waals surface area contributed by atoms with Crippen molar-refractivity contribution >= 4 is 52.4 Å². The number of fused-ring (bicyclic) bond motifs is 14. The lowest BCUT2D eigenvalue weighted by atomic mass is 9.78. The fourth-order valence-electron chi connectivity index (χ4n) is 8.65. The van der Waals surface area contributed by atoms with E-state index in [1.807, 2.05) is 37.4 Å². The van der Waals surface area contributed by atoms with Crippen LogP contribution in [0, 0.1) is 30.6 Å². The van der Waals surface area contributed by atoms with Crippen LogP contribution in [0.2, 0.25) is 0 Å². The highest BCUT2D eigenvalue weighted by Gasteiger charge is 2.50. The highest BCUT2D eigenvalue weighted by molar-refractivity contribution is 6.23. The maximum absolute atomic E-state index is 14.4. The van der Waals surface area contributed by atoms with Crippen LogP contribution in [0.15, 0.2) is 77.6 Å². The van der Waals surface area contributed by atoms with E-state index in [9.17, 15) is 44.7 Å². The Morgan fingerprint density at radius 1 is 0.900 bits per heavy atom. The summed E-state index contributed by atoms with van der Waals surface area (Å²) in [5.41, 5.74) is 0.548. The maximum atomic E-state index is 14.4. The molecule has 9 atom stereocenters. The molecule has 4 heterocycles. The number of phenols is 3. The average molecular weight is 971 g/mol. The molecule has 7 N–H and O–H groups in total. The third-order valence-corrected chi connectivity index (χ3v) is 13.1. The number of piperazine rings is 1. The number of hydrogen-bond acceptors (Lipinski definition) is 16. The van der Waals surface area contributed by atoms with E-state index in [2.05, 4.69) is 15.3 Å². The van der Waals surface area contributed by atoms with Gasteiger partial charge < -0.3 is 59.8 Å². The molecule has 0 radical (unpaired) electrons. The zero-order valence-electron chi connectivity index (χ0n) is 41.2. The number of aliphatic hydroxyl groups excluding tert-OH is 2. The van der Waals surface area contributed by atoms with E-state index in [1.165, 1.54) is 59.4 Å². The second-order valence-corrected chi connectivity index (χ2v) is 18.2. The van der Waals surface area contributed by atoms with Gasteiger partial charge in [-0.3, -0.25) is 19.4 Å². The number of rotatable bonds is 6. The number of nitrogens with one attached hydrogen (secondary N) is 1. The molecule has 4 aliphatic heterocycles. The molecule has 1 amide bonds. The van der Waals surface area contributed by atoms with E-state index in [-0.39, 0.29) is 44.5 Å². The normalized spacial score (nSPS) is 28.6. The molecular formula is C52H66N4O14. The molecule has 0 unspecified atom stereocenters. The molecule has 0 aromatic heterocycles. The number of ketones is 1. The van der Waals surface area contributed by atoms with Crippen molar-refractivity contribution in [3.8, 4) is 23.0 Å². The predicted octanol–water partition coefficient (Wildman–Crippen LogP) is 6.12. The van der Waals surface area contributed by atoms with E-state index in [4.69, 9.17) is 24.1 Å². The Kier molecular flexibility index (Phi) is 18.0. The third-order valence-electron chi connectivity index (χ3n) is 13.1. The summed E-state index contributed by atoms with van der Waals surface area (Å²) in [6.07, 6.45) is 7.54. The fourth-order valence-corrected chi connectivity index (χ4v) is 8.65. The van der Waals surface area contributed by atoms with E-state index < -0.39 is 94.8 Å². The molecule has 3 aromatic rings. The van der Waals surface area contributed by atoms with E-state index in [0.717, 1.165) is 24.7 Å². The monoisotopic (exact) mass is 970 g/mol. The lowest BCUT2D eigenvalue weighted by Gasteiger charge is -2.38. The number of esters is 1. The fraction of sp³-hybridized carbons (Fsp3) is 0.442. The zero-order valence-corrected chi connectivity index (χ0v) is 41.2. The smallest absolute Gasteiger partial charge is 0.328 e. The minimum absolute atomic E-state index is 0.0559. The summed E-state index contributed by atoms with van der Waals surface area (Å²) in [6.45, 7) is 15.1. The Morgan fingerprint density at radius 2 is 1.56 bits per heavy atom. The number of carbonyl (C=O) groups is 4. The van der Waals surface area contributed by atoms with Crippen molar-refractivity contribution in [2.24, 2.45) is 28.8 Å². The molecule has 1 saturated heterocycles. The van der Waals surface area contributed by atoms with E-state index >= 15 is 0 Å². The molecule has 0 spiro atoms. The number of carbonyl (C=O) groups excluding carboxylic acids is 3. The Bertz CT molecular complexity index is 2570. The van der Waals surface area contributed by atoms with Crippen LogP contribution in [0.5, 0.6) is 23.0 Å². The second-order valence-electron chi connectivity index (χ2n) is 18.2. The lowest BCUT2D eigenvalue weighted by Crippen LogP contribution is -2.46. The van der Waals surface area contributed by atoms with Crippen LogP contribution in [-0.2, 0) is 28.6 Å². The van der Waals surface area contributed by atoms with Gasteiger partial charge in [-0.2, -0.15) is 5.10 Å². The van der Waals surface area contributed by atoms with Crippen molar-refractivity contribution < 1.29 is 68.8 Å². The maximum Gasteiger partial charge on any atom is 0.328 e. The third kappa shape index (κ3) is 12.2. The molecule has 18 nitrogen and oxygen atoms in total. The number of Topliss-reactive ketones (excluding diaryl/α,β-unsaturated/α-hetero) is 1. The van der Waals surface area contributed by atoms with Crippen LogP contribution < -0.4 is 10.1 Å². The number of likely N-dealkylation sites (N-methyl/N-ethyl adjacent to an activating group) is 1. The van der Waals surface area contributed by atoms with Gasteiger partial charge in [0.15, 0.2) is 5.75 Å². The van der Waals surface area contributed by atoms with E-state index in [1.54, 1.807) is 50.9 Å². The first-order valence-corrected chi connectivity index (χ1v) is 23.0. The van der Waals surface area contributed by atoms with Crippen molar-refractivity contribution in [1.82, 2.24) is 9.91 Å². The van der Waals surface area contributed by atoms with Gasteiger partial charge in [0, 0.05) is 93.4 Å². The van der Waals surface area contributed by atoms with Crippen LogP contribution >= 0.6 is 0 Å². The summed E-state index contributed by atoms with van der Waals surface area (Å²) in [5.74, 6) is -9.27. The summed E-state index contributed by atoms with van der Waals surface area (Å²) in [5, 5.41) is 75.1. The number of ether oxygens (including phenoxy) is 4. The topological polar surface area (TPSA) is 257 Å². The van der Waals surface area contributed by atoms with Crippen LogP contribution in [0.25, 0.3) is 16.8 Å². The van der Waals surface area contributed by atoms with E-state index in [0.29, 0.717) is 13.1 Å². The Labute approximate surface area is 407 Å². The number of methoxy groups -OCH3 is 1. The molecule has 0 aliphatic carbocycles. The summed E-state index contributed by atoms with van der Waals surface area (Å²) < 4.78 is 23.6. The van der Waals surface area contributed by atoms with Crippen LogP contribution in [0.1, 0.15) is 75.5 Å². The Morgan fingerprint density at radius 3 is 2.17 bits per heavy atom. The van der Waals surface area contributed by atoms with Gasteiger partial charge in [-0.1, -0.05) is 76.3 Å². The van der Waals surface area contributed by atoms with Crippen molar-refractivity contribution in [1.29, 1.82) is 0 Å². The van der Waals surface area contributed by atoms with Crippen LogP contribution in [0.3, 0.4) is 0 Å². The molecule has 7 rings (SSSR count).